The van der Waals surface area contributed by atoms with Gasteiger partial charge >= 0.3 is 0 Å². The minimum absolute atomic E-state index is 0.286. The summed E-state index contributed by atoms with van der Waals surface area (Å²) in [5.41, 5.74) is 17.9. The van der Waals surface area contributed by atoms with Gasteiger partial charge in [-0.25, -0.2) is 0 Å². The van der Waals surface area contributed by atoms with E-state index >= 15 is 0 Å². The number of aromatic nitrogens is 1. The lowest BCUT2D eigenvalue weighted by atomic mass is 9.91. The number of para-hydroxylation sites is 2. The topological polar surface area (TPSA) is 11.4 Å². The van der Waals surface area contributed by atoms with E-state index in [0.29, 0.717) is 6.04 Å². The zero-order valence-corrected chi connectivity index (χ0v) is 46.8. The monoisotopic (exact) mass is 1070 g/mol. The summed E-state index contributed by atoms with van der Waals surface area (Å²) in [7, 11) is -2.66. The van der Waals surface area contributed by atoms with Crippen molar-refractivity contribution in [2.75, 3.05) is 9.80 Å². The molecule has 0 bridgehead atoms. The number of anilines is 3. The second kappa shape index (κ2) is 21.6. The van der Waals surface area contributed by atoms with Crippen molar-refractivity contribution in [2.45, 2.75) is 24.8 Å². The fourth-order valence-electron chi connectivity index (χ4n) is 13.3. The van der Waals surface area contributed by atoms with Gasteiger partial charge in [-0.3, -0.25) is 0 Å². The van der Waals surface area contributed by atoms with Crippen molar-refractivity contribution in [1.82, 2.24) is 4.57 Å². The maximum Gasteiger partial charge on any atom is 0.179 e. The minimum Gasteiger partial charge on any atom is -0.336 e. The van der Waals surface area contributed by atoms with Crippen molar-refractivity contribution in [2.24, 2.45) is 0 Å². The van der Waals surface area contributed by atoms with Crippen molar-refractivity contribution in [3.8, 4) is 27.9 Å². The average Bonchev–Trinajstić information content (AvgIpc) is 3.59. The van der Waals surface area contributed by atoms with Gasteiger partial charge in [0.1, 0.15) is 0 Å². The molecular weight excluding hydrogens is 1010 g/mol. The van der Waals surface area contributed by atoms with Crippen molar-refractivity contribution in [1.29, 1.82) is 0 Å². The number of rotatable bonds is 15. The molecule has 2 unspecified atom stereocenters. The second-order valence-electron chi connectivity index (χ2n) is 21.6. The molecule has 0 radical (unpaired) electrons. The lowest BCUT2D eigenvalue weighted by Gasteiger charge is -2.34. The molecule has 3 aliphatic rings. The van der Waals surface area contributed by atoms with Crippen LogP contribution in [0.15, 0.2) is 334 Å². The normalized spacial score (nSPS) is 15.5. The Morgan fingerprint density at radius 3 is 1.61 bits per heavy atom. The van der Waals surface area contributed by atoms with Crippen molar-refractivity contribution in [3.63, 3.8) is 0 Å². The van der Waals surface area contributed by atoms with Gasteiger partial charge in [0.05, 0.1) is 17.1 Å². The third-order valence-electron chi connectivity index (χ3n) is 17.1. The van der Waals surface area contributed by atoms with E-state index in [0.717, 1.165) is 46.7 Å². The predicted octanol–water partition coefficient (Wildman–Crippen LogP) is 17.0. The maximum absolute atomic E-state index is 4.41. The largest absolute Gasteiger partial charge is 0.336 e. The Labute approximate surface area is 482 Å². The summed E-state index contributed by atoms with van der Waals surface area (Å²) in [4.78, 5) is 4.89. The summed E-state index contributed by atoms with van der Waals surface area (Å²) in [6.45, 7) is 8.60. The van der Waals surface area contributed by atoms with Crippen molar-refractivity contribution >= 4 is 73.8 Å². The first-order valence-electron chi connectivity index (χ1n) is 28.6. The summed E-state index contributed by atoms with van der Waals surface area (Å²) >= 11 is 0. The molecule has 3 heterocycles. The van der Waals surface area contributed by atoms with E-state index in [-0.39, 0.29) is 5.92 Å². The summed E-state index contributed by atoms with van der Waals surface area (Å²) in [5.74, 6) is 0.286. The zero-order valence-electron chi connectivity index (χ0n) is 45.8. The van der Waals surface area contributed by atoms with Crippen LogP contribution in [0.5, 0.6) is 0 Å². The van der Waals surface area contributed by atoms with Crippen LogP contribution in [0.1, 0.15) is 29.9 Å². The van der Waals surface area contributed by atoms with Crippen LogP contribution in [0.2, 0.25) is 0 Å². The van der Waals surface area contributed by atoms with Crippen LogP contribution < -0.4 is 30.5 Å². The number of hydrogen-bond donors (Lipinski definition) is 0. The molecule has 0 spiro atoms. The lowest BCUT2D eigenvalue weighted by molar-refractivity contribution is 0.742. The highest BCUT2D eigenvalue weighted by atomic mass is 28.3. The third-order valence-corrected chi connectivity index (χ3v) is 21.9. The molecule has 11 aromatic rings. The number of allylic oxidation sites excluding steroid dienone is 7. The van der Waals surface area contributed by atoms with Crippen LogP contribution in [0.3, 0.4) is 0 Å². The Hall–Kier alpha value is -10.0. The Kier molecular flexibility index (Phi) is 13.2. The molecule has 392 valence electrons. The van der Waals surface area contributed by atoms with Crippen LogP contribution in [0.25, 0.3) is 55.8 Å². The zero-order chi connectivity index (χ0) is 55.0. The van der Waals surface area contributed by atoms with Gasteiger partial charge in [-0.2, -0.15) is 0 Å². The van der Waals surface area contributed by atoms with Gasteiger partial charge in [-0.15, -0.1) is 6.58 Å². The Bertz CT molecular complexity index is 4180. The van der Waals surface area contributed by atoms with E-state index < -0.39 is 8.07 Å². The molecule has 4 heteroatoms. The number of nitrogens with zero attached hydrogens (tertiary/aromatic N) is 3. The van der Waals surface area contributed by atoms with Gasteiger partial charge in [0.25, 0.3) is 0 Å². The van der Waals surface area contributed by atoms with Gasteiger partial charge in [-0.1, -0.05) is 237 Å². The van der Waals surface area contributed by atoms with Crippen LogP contribution in [0.4, 0.5) is 17.1 Å². The third kappa shape index (κ3) is 8.76. The van der Waals surface area contributed by atoms with Gasteiger partial charge in [0, 0.05) is 50.8 Å². The van der Waals surface area contributed by atoms with Gasteiger partial charge < -0.3 is 14.4 Å². The fourth-order valence-corrected chi connectivity index (χ4v) is 18.0. The molecule has 10 aromatic carbocycles. The molecule has 0 fully saturated rings. The molecule has 14 rings (SSSR count). The molecule has 0 amide bonds. The molecular formula is C78H61N3Si. The summed E-state index contributed by atoms with van der Waals surface area (Å²) in [5, 5.41) is 7.96. The van der Waals surface area contributed by atoms with Gasteiger partial charge in [0.2, 0.25) is 0 Å². The van der Waals surface area contributed by atoms with E-state index in [2.05, 4.69) is 331 Å². The van der Waals surface area contributed by atoms with Crippen molar-refractivity contribution < 1.29 is 0 Å². The molecule has 0 N–H and O–H groups in total. The molecule has 1 aromatic heterocycles. The predicted molar refractivity (Wildman–Crippen MR) is 351 cm³/mol. The molecule has 2 aliphatic heterocycles. The minimum atomic E-state index is -2.66. The Balaban J connectivity index is 0.801. The molecule has 0 saturated heterocycles. The smallest absolute Gasteiger partial charge is 0.179 e. The highest BCUT2D eigenvalue weighted by molar-refractivity contribution is 7.19. The maximum atomic E-state index is 4.41. The van der Waals surface area contributed by atoms with Crippen LogP contribution >= 0.6 is 0 Å². The van der Waals surface area contributed by atoms with E-state index in [9.17, 15) is 0 Å². The average molecular weight is 1070 g/mol. The SMILES string of the molecule is C=CCC1C2=CC3=CC=CCC3N2c2ccc(-c3ccc(N(/C(C=C)=C/C=C/c4ccc(-n5c6ccccc6c6ccccc65)cc4)c4ccc(-c5ccc([Si](c6ccccc6)(c6ccccc6)c6ccccc6)cc5)cc4)cc3)cc21. The van der Waals surface area contributed by atoms with E-state index in [4.69, 9.17) is 0 Å². The fraction of sp³-hybridized carbons (Fsp3) is 0.0513. The molecule has 82 heavy (non-hydrogen) atoms. The summed E-state index contributed by atoms with van der Waals surface area (Å²) in [6, 6.07) is 94.4. The quantitative estimate of drug-likeness (QED) is 0.0439. The van der Waals surface area contributed by atoms with Crippen LogP contribution in [-0.4, -0.2) is 18.7 Å². The lowest BCUT2D eigenvalue weighted by Crippen LogP contribution is -2.74. The van der Waals surface area contributed by atoms with Gasteiger partial charge in [-0.05, 0) is 151 Å². The van der Waals surface area contributed by atoms with Crippen LogP contribution in [-0.2, 0) is 0 Å². The summed E-state index contributed by atoms with van der Waals surface area (Å²) in [6.07, 6.45) is 21.6. The highest BCUT2D eigenvalue weighted by Gasteiger charge is 2.43. The second-order valence-corrected chi connectivity index (χ2v) is 25.4. The Morgan fingerprint density at radius 2 is 1.05 bits per heavy atom. The van der Waals surface area contributed by atoms with Crippen molar-refractivity contribution in [3.05, 3.63) is 345 Å². The first-order chi connectivity index (χ1) is 40.6. The van der Waals surface area contributed by atoms with Crippen LogP contribution in [0, 0.1) is 0 Å². The standard InChI is InChI=1S/C78H61N3Si/c1-3-21-70-73-54-60(44-53-77(73)81-74-33-17-14-23-61(74)55-78(70)81)59-40-49-64(50-41-59)79(62(4-2)24-20-22-56-36-45-65(46-37-56)80-75-34-18-15-31-71(75)72-32-16-19-35-76(72)80)63-47-38-57(39-48-63)58-42-51-69(52-43-58)82(66-25-8-5-9-26-66,67-27-10-6-11-28-67)68-29-12-7-13-30-68/h3-20,22-32,34-55,70,74H,1-2,21,33H2/b22-20+,62-24+. The first-order valence-corrected chi connectivity index (χ1v) is 30.6. The number of benzene rings is 10. The molecule has 0 saturated carbocycles. The van der Waals surface area contributed by atoms with E-state index in [1.165, 1.54) is 81.8 Å². The molecule has 1 aliphatic carbocycles. The highest BCUT2D eigenvalue weighted by Crippen LogP contribution is 2.53. The molecule has 2 atom stereocenters. The number of hydrogen-bond acceptors (Lipinski definition) is 2. The Morgan fingerprint density at radius 1 is 0.537 bits per heavy atom. The molecule has 3 nitrogen and oxygen atoms in total. The van der Waals surface area contributed by atoms with E-state index in [1.807, 2.05) is 6.08 Å². The van der Waals surface area contributed by atoms with E-state index in [1.54, 1.807) is 0 Å². The first kappa shape index (κ1) is 50.2. The summed E-state index contributed by atoms with van der Waals surface area (Å²) < 4.78 is 2.36. The van der Waals surface area contributed by atoms with Gasteiger partial charge in [0.15, 0.2) is 8.07 Å². The number of fused-ring (bicyclic) bond motifs is 8.